The van der Waals surface area contributed by atoms with Crippen molar-refractivity contribution in [3.8, 4) is 0 Å². The standard InChI is InChI=1S/C18H17Cl2N3O2S/c19-13-5-3-4-12(16(13)20)17(24)22-18(26)21-14-6-1-2-7-15(14)23-8-10-25-11-9-23/h1-7H,8-11H2,(H2,21,22,24,26). The topological polar surface area (TPSA) is 53.6 Å². The summed E-state index contributed by atoms with van der Waals surface area (Å²) in [6.45, 7) is 2.97. The van der Waals surface area contributed by atoms with E-state index in [2.05, 4.69) is 15.5 Å². The molecular weight excluding hydrogens is 393 g/mol. The molecule has 0 radical (unpaired) electrons. The zero-order chi connectivity index (χ0) is 18.5. The van der Waals surface area contributed by atoms with Gasteiger partial charge in [0.2, 0.25) is 0 Å². The van der Waals surface area contributed by atoms with Crippen LogP contribution in [0.15, 0.2) is 42.5 Å². The van der Waals surface area contributed by atoms with E-state index >= 15 is 0 Å². The maximum absolute atomic E-state index is 12.4. The molecule has 2 aromatic rings. The average Bonchev–Trinajstić information content (AvgIpc) is 2.65. The SMILES string of the molecule is O=C(NC(=S)Nc1ccccc1N1CCOCC1)c1cccc(Cl)c1Cl. The molecule has 3 rings (SSSR count). The highest BCUT2D eigenvalue weighted by atomic mass is 35.5. The molecule has 0 unspecified atom stereocenters. The quantitative estimate of drug-likeness (QED) is 0.751. The Bertz CT molecular complexity index is 826. The molecule has 5 nitrogen and oxygen atoms in total. The van der Waals surface area contributed by atoms with Crippen LogP contribution in [0.25, 0.3) is 0 Å². The van der Waals surface area contributed by atoms with Gasteiger partial charge in [0.05, 0.1) is 40.2 Å². The van der Waals surface area contributed by atoms with Gasteiger partial charge in [0.15, 0.2) is 5.11 Å². The van der Waals surface area contributed by atoms with E-state index in [0.717, 1.165) is 24.5 Å². The highest BCUT2D eigenvalue weighted by Gasteiger charge is 2.17. The molecule has 0 aliphatic carbocycles. The van der Waals surface area contributed by atoms with Gasteiger partial charge in [-0.3, -0.25) is 10.1 Å². The smallest absolute Gasteiger partial charge is 0.258 e. The van der Waals surface area contributed by atoms with Crippen molar-refractivity contribution < 1.29 is 9.53 Å². The molecule has 1 aliphatic heterocycles. The number of carbonyl (C=O) groups is 1. The maximum Gasteiger partial charge on any atom is 0.258 e. The van der Waals surface area contributed by atoms with Gasteiger partial charge in [-0.2, -0.15) is 0 Å². The summed E-state index contributed by atoms with van der Waals surface area (Å²) in [5.41, 5.74) is 2.09. The molecule has 0 saturated carbocycles. The first-order valence-corrected chi connectivity index (χ1v) is 9.21. The second-order valence-corrected chi connectivity index (χ2v) is 6.82. The van der Waals surface area contributed by atoms with Crippen LogP contribution in [0.1, 0.15) is 10.4 Å². The van der Waals surface area contributed by atoms with E-state index in [-0.39, 0.29) is 15.7 Å². The summed E-state index contributed by atoms with van der Waals surface area (Å²) in [5, 5.41) is 6.42. The number of hydrogen-bond donors (Lipinski definition) is 2. The molecule has 2 N–H and O–H groups in total. The van der Waals surface area contributed by atoms with Crippen molar-refractivity contribution in [2.45, 2.75) is 0 Å². The fourth-order valence-corrected chi connectivity index (χ4v) is 3.25. The van der Waals surface area contributed by atoms with E-state index < -0.39 is 5.91 Å². The number of thiocarbonyl (C=S) groups is 1. The van der Waals surface area contributed by atoms with Gasteiger partial charge < -0.3 is 15.0 Å². The number of morpholine rings is 1. The van der Waals surface area contributed by atoms with E-state index in [1.165, 1.54) is 0 Å². The molecule has 1 amide bonds. The molecule has 1 aliphatic rings. The van der Waals surface area contributed by atoms with E-state index in [4.69, 9.17) is 40.2 Å². The number of amides is 1. The number of anilines is 2. The monoisotopic (exact) mass is 409 g/mol. The first-order valence-electron chi connectivity index (χ1n) is 8.04. The van der Waals surface area contributed by atoms with E-state index in [1.54, 1.807) is 18.2 Å². The van der Waals surface area contributed by atoms with Crippen LogP contribution in [0.4, 0.5) is 11.4 Å². The fourth-order valence-electron chi connectivity index (χ4n) is 2.66. The number of benzene rings is 2. The largest absolute Gasteiger partial charge is 0.378 e. The summed E-state index contributed by atoms with van der Waals surface area (Å²) in [5.74, 6) is -0.418. The molecule has 8 heteroatoms. The number of rotatable bonds is 3. The lowest BCUT2D eigenvalue weighted by Crippen LogP contribution is -2.38. The Morgan fingerprint density at radius 2 is 1.81 bits per heavy atom. The Labute approximate surface area is 167 Å². The third kappa shape index (κ3) is 4.45. The molecule has 0 atom stereocenters. The summed E-state index contributed by atoms with van der Waals surface area (Å²) in [4.78, 5) is 14.6. The van der Waals surface area contributed by atoms with Gasteiger partial charge in [-0.25, -0.2) is 0 Å². The zero-order valence-corrected chi connectivity index (χ0v) is 16.1. The van der Waals surface area contributed by atoms with Crippen molar-refractivity contribution in [1.29, 1.82) is 0 Å². The second kappa shape index (κ2) is 8.68. The lowest BCUT2D eigenvalue weighted by atomic mass is 10.2. The number of nitrogens with one attached hydrogen (secondary N) is 2. The van der Waals surface area contributed by atoms with Crippen LogP contribution in [-0.4, -0.2) is 37.3 Å². The van der Waals surface area contributed by atoms with Crippen LogP contribution in [0.3, 0.4) is 0 Å². The molecule has 0 bridgehead atoms. The van der Waals surface area contributed by atoms with Gasteiger partial charge >= 0.3 is 0 Å². The highest BCUT2D eigenvalue weighted by molar-refractivity contribution is 7.80. The maximum atomic E-state index is 12.4. The predicted octanol–water partition coefficient (Wildman–Crippen LogP) is 3.96. The lowest BCUT2D eigenvalue weighted by Gasteiger charge is -2.30. The summed E-state index contributed by atoms with van der Waals surface area (Å²) in [6, 6.07) is 12.7. The molecule has 26 heavy (non-hydrogen) atoms. The third-order valence-electron chi connectivity index (χ3n) is 3.93. The van der Waals surface area contributed by atoms with Gasteiger partial charge in [0, 0.05) is 13.1 Å². The minimum absolute atomic E-state index is 0.187. The Kier molecular flexibility index (Phi) is 6.32. The van der Waals surface area contributed by atoms with E-state index in [0.29, 0.717) is 18.2 Å². The number of para-hydroxylation sites is 2. The molecule has 1 saturated heterocycles. The molecule has 1 heterocycles. The number of ether oxygens (including phenoxy) is 1. The van der Waals surface area contributed by atoms with Gasteiger partial charge in [-0.1, -0.05) is 41.4 Å². The molecule has 0 aromatic heterocycles. The lowest BCUT2D eigenvalue weighted by molar-refractivity contribution is 0.0978. The Morgan fingerprint density at radius 3 is 2.58 bits per heavy atom. The van der Waals surface area contributed by atoms with Crippen LogP contribution in [-0.2, 0) is 4.74 Å². The fraction of sp³-hybridized carbons (Fsp3) is 0.222. The van der Waals surface area contributed by atoms with Gasteiger partial charge in [-0.15, -0.1) is 0 Å². The number of halogens is 2. The van der Waals surface area contributed by atoms with Crippen LogP contribution in [0.2, 0.25) is 10.0 Å². The number of nitrogens with zero attached hydrogens (tertiary/aromatic N) is 1. The van der Waals surface area contributed by atoms with Crippen molar-refractivity contribution in [2.75, 3.05) is 36.5 Å². The predicted molar refractivity (Wildman–Crippen MR) is 110 cm³/mol. The summed E-state index contributed by atoms with van der Waals surface area (Å²) >= 11 is 17.3. The Hall–Kier alpha value is -1.86. The van der Waals surface area contributed by atoms with Crippen molar-refractivity contribution in [1.82, 2.24) is 5.32 Å². The van der Waals surface area contributed by atoms with Crippen LogP contribution in [0, 0.1) is 0 Å². The van der Waals surface area contributed by atoms with E-state index in [1.807, 2.05) is 24.3 Å². The first-order chi connectivity index (χ1) is 12.6. The minimum atomic E-state index is -0.418. The summed E-state index contributed by atoms with van der Waals surface area (Å²) < 4.78 is 5.40. The normalized spacial score (nSPS) is 14.0. The van der Waals surface area contributed by atoms with Gasteiger partial charge in [0.1, 0.15) is 0 Å². The van der Waals surface area contributed by atoms with Crippen molar-refractivity contribution in [2.24, 2.45) is 0 Å². The van der Waals surface area contributed by atoms with Crippen molar-refractivity contribution >= 4 is 57.8 Å². The molecule has 2 aromatic carbocycles. The number of carbonyl (C=O) groups excluding carboxylic acids is 1. The minimum Gasteiger partial charge on any atom is -0.378 e. The molecule has 1 fully saturated rings. The zero-order valence-electron chi connectivity index (χ0n) is 13.8. The van der Waals surface area contributed by atoms with E-state index in [9.17, 15) is 4.79 Å². The Morgan fingerprint density at radius 1 is 1.08 bits per heavy atom. The summed E-state index contributed by atoms with van der Waals surface area (Å²) in [6.07, 6.45) is 0. The molecule has 0 spiro atoms. The highest BCUT2D eigenvalue weighted by Crippen LogP contribution is 2.27. The third-order valence-corrected chi connectivity index (χ3v) is 4.95. The van der Waals surface area contributed by atoms with Crippen LogP contribution >= 0.6 is 35.4 Å². The second-order valence-electron chi connectivity index (χ2n) is 5.63. The van der Waals surface area contributed by atoms with Crippen LogP contribution in [0.5, 0.6) is 0 Å². The Balaban J connectivity index is 1.70. The van der Waals surface area contributed by atoms with Gasteiger partial charge in [-0.05, 0) is 36.5 Å². The number of hydrogen-bond acceptors (Lipinski definition) is 4. The van der Waals surface area contributed by atoms with Crippen molar-refractivity contribution in [3.05, 3.63) is 58.1 Å². The van der Waals surface area contributed by atoms with Crippen LogP contribution < -0.4 is 15.5 Å². The first kappa shape index (κ1) is 18.9. The van der Waals surface area contributed by atoms with Gasteiger partial charge in [0.25, 0.3) is 5.91 Å². The molecule has 136 valence electrons. The summed E-state index contributed by atoms with van der Waals surface area (Å²) in [7, 11) is 0. The van der Waals surface area contributed by atoms with Crippen molar-refractivity contribution in [3.63, 3.8) is 0 Å². The molecular formula is C18H17Cl2N3O2S. The average molecular weight is 410 g/mol.